The van der Waals surface area contributed by atoms with E-state index < -0.39 is 0 Å². The predicted octanol–water partition coefficient (Wildman–Crippen LogP) is 4.52. The van der Waals surface area contributed by atoms with Crippen LogP contribution in [0.4, 0.5) is 4.39 Å². The Morgan fingerprint density at radius 2 is 2.14 bits per heavy atom. The second-order valence-electron chi connectivity index (χ2n) is 3.05. The SMILES string of the molecule is Cc1cc(-c2cccc(Cl)c2F)cs1. The highest BCUT2D eigenvalue weighted by Gasteiger charge is 2.08. The van der Waals surface area contributed by atoms with E-state index in [1.54, 1.807) is 29.5 Å². The van der Waals surface area contributed by atoms with E-state index in [0.29, 0.717) is 5.56 Å². The van der Waals surface area contributed by atoms with Gasteiger partial charge in [-0.25, -0.2) is 4.39 Å². The van der Waals surface area contributed by atoms with Gasteiger partial charge in [-0.05, 0) is 30.0 Å². The summed E-state index contributed by atoms with van der Waals surface area (Å²) in [5.74, 6) is -0.341. The van der Waals surface area contributed by atoms with E-state index in [9.17, 15) is 4.39 Å². The Hall–Kier alpha value is -0.860. The van der Waals surface area contributed by atoms with Crippen LogP contribution in [0.3, 0.4) is 0 Å². The van der Waals surface area contributed by atoms with E-state index in [0.717, 1.165) is 5.56 Å². The average Bonchev–Trinajstić information content (AvgIpc) is 2.57. The smallest absolute Gasteiger partial charge is 0.149 e. The summed E-state index contributed by atoms with van der Waals surface area (Å²) >= 11 is 7.30. The highest BCUT2D eigenvalue weighted by Crippen LogP contribution is 2.30. The topological polar surface area (TPSA) is 0 Å². The molecule has 0 aliphatic carbocycles. The molecule has 2 aromatic rings. The molecular formula is C11H8ClFS. The Bertz CT molecular complexity index is 462. The Morgan fingerprint density at radius 3 is 2.79 bits per heavy atom. The van der Waals surface area contributed by atoms with Crippen molar-refractivity contribution >= 4 is 22.9 Å². The number of thiophene rings is 1. The van der Waals surface area contributed by atoms with Crippen molar-refractivity contribution in [3.63, 3.8) is 0 Å². The van der Waals surface area contributed by atoms with E-state index in [-0.39, 0.29) is 10.8 Å². The maximum Gasteiger partial charge on any atom is 0.149 e. The number of halogens is 2. The Labute approximate surface area is 91.0 Å². The number of rotatable bonds is 1. The summed E-state index contributed by atoms with van der Waals surface area (Å²) < 4.78 is 13.6. The zero-order valence-electron chi connectivity index (χ0n) is 7.55. The summed E-state index contributed by atoms with van der Waals surface area (Å²) in [6, 6.07) is 7.01. The summed E-state index contributed by atoms with van der Waals surface area (Å²) in [6.07, 6.45) is 0. The van der Waals surface area contributed by atoms with Crippen LogP contribution in [0.1, 0.15) is 4.88 Å². The third kappa shape index (κ3) is 1.68. The molecule has 0 nitrogen and oxygen atoms in total. The van der Waals surface area contributed by atoms with E-state index in [1.165, 1.54) is 4.88 Å². The van der Waals surface area contributed by atoms with Crippen LogP contribution in [0.2, 0.25) is 5.02 Å². The first-order valence-corrected chi connectivity index (χ1v) is 5.44. The lowest BCUT2D eigenvalue weighted by Gasteiger charge is -2.01. The van der Waals surface area contributed by atoms with E-state index in [1.807, 2.05) is 18.4 Å². The Balaban J connectivity index is 2.57. The van der Waals surface area contributed by atoms with Crippen LogP contribution in [0.5, 0.6) is 0 Å². The molecule has 3 heteroatoms. The minimum Gasteiger partial charge on any atom is -0.205 e. The normalized spacial score (nSPS) is 10.5. The molecule has 1 aromatic carbocycles. The molecule has 0 amide bonds. The maximum atomic E-state index is 13.6. The number of aryl methyl sites for hydroxylation is 1. The molecular weight excluding hydrogens is 219 g/mol. The van der Waals surface area contributed by atoms with Crippen molar-refractivity contribution in [2.24, 2.45) is 0 Å². The van der Waals surface area contributed by atoms with Gasteiger partial charge in [0, 0.05) is 10.4 Å². The molecule has 0 aliphatic rings. The number of hydrogen-bond donors (Lipinski definition) is 0. The molecule has 0 N–H and O–H groups in total. The van der Waals surface area contributed by atoms with Crippen molar-refractivity contribution in [1.29, 1.82) is 0 Å². The van der Waals surface area contributed by atoms with Crippen molar-refractivity contribution in [2.75, 3.05) is 0 Å². The summed E-state index contributed by atoms with van der Waals surface area (Å²) in [4.78, 5) is 1.17. The third-order valence-corrected chi connectivity index (χ3v) is 3.15. The van der Waals surface area contributed by atoms with Gasteiger partial charge >= 0.3 is 0 Å². The third-order valence-electron chi connectivity index (χ3n) is 1.99. The second-order valence-corrected chi connectivity index (χ2v) is 4.57. The van der Waals surface area contributed by atoms with Crippen molar-refractivity contribution < 1.29 is 4.39 Å². The standard InChI is InChI=1S/C11H8ClFS/c1-7-5-8(6-14-7)9-3-2-4-10(12)11(9)13/h2-6H,1H3. The van der Waals surface area contributed by atoms with Gasteiger partial charge in [0.05, 0.1) is 5.02 Å². The van der Waals surface area contributed by atoms with Crippen molar-refractivity contribution in [3.8, 4) is 11.1 Å². The minimum absolute atomic E-state index is 0.173. The van der Waals surface area contributed by atoms with E-state index >= 15 is 0 Å². The van der Waals surface area contributed by atoms with Gasteiger partial charge < -0.3 is 0 Å². The lowest BCUT2D eigenvalue weighted by atomic mass is 10.1. The molecule has 0 bridgehead atoms. The van der Waals surface area contributed by atoms with Gasteiger partial charge in [0.15, 0.2) is 0 Å². The maximum absolute atomic E-state index is 13.6. The molecule has 0 spiro atoms. The fourth-order valence-electron chi connectivity index (χ4n) is 1.31. The van der Waals surface area contributed by atoms with Crippen molar-refractivity contribution in [2.45, 2.75) is 6.92 Å². The van der Waals surface area contributed by atoms with Gasteiger partial charge in [0.1, 0.15) is 5.82 Å². The summed E-state index contributed by atoms with van der Waals surface area (Å²) in [6.45, 7) is 2.00. The molecule has 0 saturated heterocycles. The zero-order chi connectivity index (χ0) is 10.1. The van der Waals surface area contributed by atoms with E-state index in [2.05, 4.69) is 0 Å². The molecule has 0 unspecified atom stereocenters. The van der Waals surface area contributed by atoms with Crippen molar-refractivity contribution in [3.05, 3.63) is 45.4 Å². The molecule has 0 atom stereocenters. The first kappa shape index (κ1) is 9.69. The lowest BCUT2D eigenvalue weighted by molar-refractivity contribution is 0.632. The van der Waals surface area contributed by atoms with Gasteiger partial charge in [-0.1, -0.05) is 23.7 Å². The van der Waals surface area contributed by atoms with Gasteiger partial charge in [0.2, 0.25) is 0 Å². The van der Waals surface area contributed by atoms with Gasteiger partial charge in [-0.2, -0.15) is 0 Å². The molecule has 0 fully saturated rings. The van der Waals surface area contributed by atoms with E-state index in [4.69, 9.17) is 11.6 Å². The summed E-state index contributed by atoms with van der Waals surface area (Å²) in [5.41, 5.74) is 1.47. The Kier molecular flexibility index (Phi) is 2.57. The van der Waals surface area contributed by atoms with Crippen LogP contribution >= 0.6 is 22.9 Å². The van der Waals surface area contributed by atoms with Crippen LogP contribution in [0.25, 0.3) is 11.1 Å². The second kappa shape index (κ2) is 3.71. The summed E-state index contributed by atoms with van der Waals surface area (Å²) in [5, 5.41) is 2.11. The fraction of sp³-hybridized carbons (Fsp3) is 0.0909. The lowest BCUT2D eigenvalue weighted by Crippen LogP contribution is -1.82. The van der Waals surface area contributed by atoms with Crippen LogP contribution in [0, 0.1) is 12.7 Å². The average molecular weight is 227 g/mol. The highest BCUT2D eigenvalue weighted by atomic mass is 35.5. The van der Waals surface area contributed by atoms with Gasteiger partial charge in [-0.15, -0.1) is 11.3 Å². The Morgan fingerprint density at radius 1 is 1.36 bits per heavy atom. The first-order valence-electron chi connectivity index (χ1n) is 4.18. The van der Waals surface area contributed by atoms with Crippen LogP contribution in [0.15, 0.2) is 29.6 Å². The number of benzene rings is 1. The molecule has 2 rings (SSSR count). The van der Waals surface area contributed by atoms with Crippen LogP contribution < -0.4 is 0 Å². The first-order chi connectivity index (χ1) is 6.68. The molecule has 0 saturated carbocycles. The minimum atomic E-state index is -0.341. The monoisotopic (exact) mass is 226 g/mol. The zero-order valence-corrected chi connectivity index (χ0v) is 9.12. The predicted molar refractivity (Wildman–Crippen MR) is 59.5 cm³/mol. The molecule has 1 aromatic heterocycles. The van der Waals surface area contributed by atoms with Gasteiger partial charge in [0.25, 0.3) is 0 Å². The van der Waals surface area contributed by atoms with Crippen LogP contribution in [-0.2, 0) is 0 Å². The molecule has 72 valence electrons. The quantitative estimate of drug-likeness (QED) is 0.671. The molecule has 14 heavy (non-hydrogen) atoms. The molecule has 0 aliphatic heterocycles. The van der Waals surface area contributed by atoms with Gasteiger partial charge in [-0.3, -0.25) is 0 Å². The van der Waals surface area contributed by atoms with Crippen molar-refractivity contribution in [1.82, 2.24) is 0 Å². The largest absolute Gasteiger partial charge is 0.205 e. The molecule has 0 radical (unpaired) electrons. The number of hydrogen-bond acceptors (Lipinski definition) is 1. The summed E-state index contributed by atoms with van der Waals surface area (Å²) in [7, 11) is 0. The molecule has 1 heterocycles. The van der Waals surface area contributed by atoms with Crippen LogP contribution in [-0.4, -0.2) is 0 Å². The fourth-order valence-corrected chi connectivity index (χ4v) is 2.19. The highest BCUT2D eigenvalue weighted by molar-refractivity contribution is 7.10.